The van der Waals surface area contributed by atoms with Crippen LogP contribution in [-0.4, -0.2) is 49.4 Å². The zero-order chi connectivity index (χ0) is 19.3. The Morgan fingerprint density at radius 1 is 1.22 bits per heavy atom. The molecule has 0 spiro atoms. The van der Waals surface area contributed by atoms with Gasteiger partial charge in [-0.3, -0.25) is 4.99 Å². The monoisotopic (exact) mass is 373 g/mol. The molecule has 1 heterocycles. The Morgan fingerprint density at radius 2 is 2.11 bits per heavy atom. The molecule has 0 amide bonds. The molecule has 7 heteroatoms. The first-order valence-corrected chi connectivity index (χ1v) is 9.40. The van der Waals surface area contributed by atoms with Crippen LogP contribution >= 0.6 is 0 Å². The van der Waals surface area contributed by atoms with Gasteiger partial charge in [0.2, 0.25) is 0 Å². The van der Waals surface area contributed by atoms with Gasteiger partial charge in [0, 0.05) is 64.4 Å². The minimum atomic E-state index is 0.640. The molecule has 0 aliphatic carbocycles. The smallest absolute Gasteiger partial charge is 0.195 e. The largest absolute Gasteiger partial charge is 0.493 e. The summed E-state index contributed by atoms with van der Waals surface area (Å²) in [4.78, 5) is 8.52. The second-order valence-corrected chi connectivity index (χ2v) is 6.22. The van der Waals surface area contributed by atoms with Crippen molar-refractivity contribution in [2.75, 3.05) is 39.2 Å². The summed E-state index contributed by atoms with van der Waals surface area (Å²) < 4.78 is 12.9. The SMILES string of the molecule is CN=C(NCCCCn1ccnc1C)Nc1cccc(OCCCOC)c1. The Morgan fingerprint density at radius 3 is 2.85 bits per heavy atom. The fourth-order valence-electron chi connectivity index (χ4n) is 2.63. The minimum absolute atomic E-state index is 0.640. The van der Waals surface area contributed by atoms with Crippen LogP contribution in [0.15, 0.2) is 41.7 Å². The maximum atomic E-state index is 5.73. The number of aryl methyl sites for hydroxylation is 2. The highest BCUT2D eigenvalue weighted by molar-refractivity contribution is 5.93. The summed E-state index contributed by atoms with van der Waals surface area (Å²) >= 11 is 0. The average molecular weight is 374 g/mol. The van der Waals surface area contributed by atoms with Gasteiger partial charge in [0.1, 0.15) is 11.6 Å². The Labute approximate surface area is 161 Å². The van der Waals surface area contributed by atoms with Crippen LogP contribution in [0.3, 0.4) is 0 Å². The van der Waals surface area contributed by atoms with Gasteiger partial charge in [0.05, 0.1) is 6.61 Å². The van der Waals surface area contributed by atoms with Crippen LogP contribution in [0, 0.1) is 6.92 Å². The van der Waals surface area contributed by atoms with Crippen LogP contribution in [0.25, 0.3) is 0 Å². The number of hydrogen-bond donors (Lipinski definition) is 2. The Balaban J connectivity index is 1.70. The van der Waals surface area contributed by atoms with E-state index >= 15 is 0 Å². The molecular formula is C20H31N5O2. The highest BCUT2D eigenvalue weighted by atomic mass is 16.5. The minimum Gasteiger partial charge on any atom is -0.493 e. The van der Waals surface area contributed by atoms with Crippen molar-refractivity contribution in [1.29, 1.82) is 0 Å². The Hall–Kier alpha value is -2.54. The molecule has 1 aromatic carbocycles. The summed E-state index contributed by atoms with van der Waals surface area (Å²) in [6.45, 7) is 5.22. The van der Waals surface area contributed by atoms with Gasteiger partial charge in [-0.2, -0.15) is 0 Å². The number of rotatable bonds is 11. The van der Waals surface area contributed by atoms with Gasteiger partial charge >= 0.3 is 0 Å². The molecule has 0 saturated carbocycles. The van der Waals surface area contributed by atoms with E-state index in [0.717, 1.165) is 55.6 Å². The highest BCUT2D eigenvalue weighted by Crippen LogP contribution is 2.17. The number of ether oxygens (including phenoxy) is 2. The van der Waals surface area contributed by atoms with Gasteiger partial charge in [-0.15, -0.1) is 0 Å². The normalized spacial score (nSPS) is 11.4. The van der Waals surface area contributed by atoms with E-state index in [1.807, 2.05) is 43.6 Å². The second-order valence-electron chi connectivity index (χ2n) is 6.22. The van der Waals surface area contributed by atoms with E-state index in [9.17, 15) is 0 Å². The molecule has 0 fully saturated rings. The molecule has 0 radical (unpaired) electrons. The van der Waals surface area contributed by atoms with Crippen molar-refractivity contribution in [1.82, 2.24) is 14.9 Å². The van der Waals surface area contributed by atoms with E-state index in [1.54, 1.807) is 14.2 Å². The molecule has 7 nitrogen and oxygen atoms in total. The number of nitrogens with zero attached hydrogens (tertiary/aromatic N) is 3. The summed E-state index contributed by atoms with van der Waals surface area (Å²) in [5, 5.41) is 6.65. The van der Waals surface area contributed by atoms with Gasteiger partial charge in [0.25, 0.3) is 0 Å². The van der Waals surface area contributed by atoms with Gasteiger partial charge in [-0.1, -0.05) is 6.07 Å². The van der Waals surface area contributed by atoms with Crippen LogP contribution in [0.2, 0.25) is 0 Å². The lowest BCUT2D eigenvalue weighted by molar-refractivity contribution is 0.172. The molecule has 2 rings (SSSR count). The zero-order valence-electron chi connectivity index (χ0n) is 16.6. The van der Waals surface area contributed by atoms with Gasteiger partial charge in [-0.25, -0.2) is 4.98 Å². The Kier molecular flexibility index (Phi) is 9.20. The van der Waals surface area contributed by atoms with Crippen LogP contribution in [0.1, 0.15) is 25.1 Å². The molecule has 0 unspecified atom stereocenters. The number of nitrogens with one attached hydrogen (secondary N) is 2. The lowest BCUT2D eigenvalue weighted by Crippen LogP contribution is -2.31. The van der Waals surface area contributed by atoms with Crippen molar-refractivity contribution in [3.8, 4) is 5.75 Å². The first kappa shape index (κ1) is 20.8. The van der Waals surface area contributed by atoms with Crippen molar-refractivity contribution in [3.63, 3.8) is 0 Å². The number of unbranched alkanes of at least 4 members (excludes halogenated alkanes) is 1. The van der Waals surface area contributed by atoms with E-state index in [-0.39, 0.29) is 0 Å². The number of methoxy groups -OCH3 is 1. The quantitative estimate of drug-likeness (QED) is 0.360. The fraction of sp³-hybridized carbons (Fsp3) is 0.500. The summed E-state index contributed by atoms with van der Waals surface area (Å²) in [6.07, 6.45) is 6.88. The number of hydrogen-bond acceptors (Lipinski definition) is 4. The number of guanidine groups is 1. The standard InChI is InChI=1S/C20H31N5O2/c1-17-22-11-13-25(17)12-5-4-10-23-20(21-2)24-18-8-6-9-19(16-18)27-15-7-14-26-3/h6,8-9,11,13,16H,4-5,7,10,12,14-15H2,1-3H3,(H2,21,23,24). The number of anilines is 1. The van der Waals surface area contributed by atoms with Crippen molar-refractivity contribution >= 4 is 11.6 Å². The third kappa shape index (κ3) is 7.70. The van der Waals surface area contributed by atoms with Gasteiger partial charge in [0.15, 0.2) is 5.96 Å². The highest BCUT2D eigenvalue weighted by Gasteiger charge is 2.02. The average Bonchev–Trinajstić information content (AvgIpc) is 3.09. The third-order valence-electron chi connectivity index (χ3n) is 4.12. The zero-order valence-corrected chi connectivity index (χ0v) is 16.6. The molecule has 1 aromatic heterocycles. The molecule has 2 N–H and O–H groups in total. The van der Waals surface area contributed by atoms with Gasteiger partial charge in [-0.05, 0) is 31.9 Å². The Bertz CT molecular complexity index is 699. The maximum absolute atomic E-state index is 5.73. The number of aromatic nitrogens is 2. The topological polar surface area (TPSA) is 72.7 Å². The van der Waals surface area contributed by atoms with Gasteiger partial charge < -0.3 is 24.7 Å². The first-order valence-electron chi connectivity index (χ1n) is 9.40. The molecule has 27 heavy (non-hydrogen) atoms. The third-order valence-corrected chi connectivity index (χ3v) is 4.12. The van der Waals surface area contributed by atoms with Crippen molar-refractivity contribution in [2.24, 2.45) is 4.99 Å². The molecule has 0 aliphatic rings. The summed E-state index contributed by atoms with van der Waals surface area (Å²) in [5.41, 5.74) is 0.946. The number of benzene rings is 1. The molecular weight excluding hydrogens is 342 g/mol. The maximum Gasteiger partial charge on any atom is 0.195 e. The molecule has 0 bridgehead atoms. The van der Waals surface area contributed by atoms with Crippen molar-refractivity contribution in [3.05, 3.63) is 42.5 Å². The van der Waals surface area contributed by atoms with E-state index in [1.165, 1.54) is 0 Å². The number of imidazole rings is 1. The van der Waals surface area contributed by atoms with E-state index in [2.05, 4.69) is 25.2 Å². The first-order chi connectivity index (χ1) is 13.2. The molecule has 0 aliphatic heterocycles. The fourth-order valence-corrected chi connectivity index (χ4v) is 2.63. The van der Waals surface area contributed by atoms with E-state index < -0.39 is 0 Å². The number of aliphatic imine (C=N–C) groups is 1. The molecule has 0 saturated heterocycles. The second kappa shape index (κ2) is 12.0. The van der Waals surface area contributed by atoms with Crippen LogP contribution < -0.4 is 15.4 Å². The van der Waals surface area contributed by atoms with Crippen LogP contribution in [-0.2, 0) is 11.3 Å². The van der Waals surface area contributed by atoms with E-state index in [0.29, 0.717) is 13.2 Å². The van der Waals surface area contributed by atoms with Crippen molar-refractivity contribution < 1.29 is 9.47 Å². The summed E-state index contributed by atoms with van der Waals surface area (Å²) in [6, 6.07) is 7.89. The van der Waals surface area contributed by atoms with E-state index in [4.69, 9.17) is 9.47 Å². The predicted octanol–water partition coefficient (Wildman–Crippen LogP) is 3.07. The molecule has 148 valence electrons. The molecule has 0 atom stereocenters. The lowest BCUT2D eigenvalue weighted by Gasteiger charge is -2.13. The molecule has 2 aromatic rings. The lowest BCUT2D eigenvalue weighted by atomic mass is 10.3. The summed E-state index contributed by atoms with van der Waals surface area (Å²) in [7, 11) is 3.47. The van der Waals surface area contributed by atoms with Crippen molar-refractivity contribution in [2.45, 2.75) is 32.7 Å². The van der Waals surface area contributed by atoms with Crippen LogP contribution in [0.4, 0.5) is 5.69 Å². The summed E-state index contributed by atoms with van der Waals surface area (Å²) in [5.74, 6) is 2.65. The van der Waals surface area contributed by atoms with Crippen LogP contribution in [0.5, 0.6) is 5.75 Å². The predicted molar refractivity (Wildman–Crippen MR) is 110 cm³/mol.